The molecule has 0 aromatic heterocycles. The molecule has 0 saturated heterocycles. The second-order valence-electron chi connectivity index (χ2n) is 5.63. The summed E-state index contributed by atoms with van der Waals surface area (Å²) in [5.41, 5.74) is 2.04. The Morgan fingerprint density at radius 2 is 1.52 bits per heavy atom. The quantitative estimate of drug-likeness (QED) is 0.534. The van der Waals surface area contributed by atoms with Crippen LogP contribution in [0.1, 0.15) is 5.56 Å². The van der Waals surface area contributed by atoms with Crippen LogP contribution in [-0.4, -0.2) is 13.2 Å². The molecule has 3 nitrogen and oxygen atoms in total. The molecule has 0 aliphatic heterocycles. The van der Waals surface area contributed by atoms with Crippen LogP contribution >= 0.6 is 11.6 Å². The van der Waals surface area contributed by atoms with Gasteiger partial charge in [-0.3, -0.25) is 0 Å². The van der Waals surface area contributed by atoms with Gasteiger partial charge in [-0.1, -0.05) is 29.8 Å². The third kappa shape index (κ3) is 5.16. The summed E-state index contributed by atoms with van der Waals surface area (Å²) in [6.07, 6.45) is 0. The van der Waals surface area contributed by atoms with E-state index in [-0.39, 0.29) is 0 Å². The molecular formula is C21H20ClNO2. The lowest BCUT2D eigenvalue weighted by atomic mass is 10.2. The number of rotatable bonds is 7. The van der Waals surface area contributed by atoms with Gasteiger partial charge in [-0.2, -0.15) is 0 Å². The molecule has 0 spiro atoms. The molecule has 3 aromatic carbocycles. The van der Waals surface area contributed by atoms with Gasteiger partial charge in [0.2, 0.25) is 0 Å². The molecular weight excluding hydrogens is 334 g/mol. The van der Waals surface area contributed by atoms with Crippen molar-refractivity contribution in [1.82, 2.24) is 0 Å². The van der Waals surface area contributed by atoms with E-state index < -0.39 is 0 Å². The first-order valence-corrected chi connectivity index (χ1v) is 8.54. The average Bonchev–Trinajstić information content (AvgIpc) is 2.64. The third-order valence-corrected chi connectivity index (χ3v) is 4.09. The molecule has 0 unspecified atom stereocenters. The van der Waals surface area contributed by atoms with Crippen LogP contribution in [0.15, 0.2) is 72.8 Å². The maximum atomic E-state index is 6.01. The maximum absolute atomic E-state index is 6.01. The van der Waals surface area contributed by atoms with Gasteiger partial charge in [0.25, 0.3) is 0 Å². The molecule has 1 N–H and O–H groups in total. The largest absolute Gasteiger partial charge is 0.492 e. The fourth-order valence-electron chi connectivity index (χ4n) is 2.34. The molecule has 0 aliphatic carbocycles. The molecule has 25 heavy (non-hydrogen) atoms. The van der Waals surface area contributed by atoms with Gasteiger partial charge >= 0.3 is 0 Å². The number of hydrogen-bond donors (Lipinski definition) is 1. The predicted octanol–water partition coefficient (Wildman–Crippen LogP) is 5.93. The molecule has 0 saturated carbocycles. The van der Waals surface area contributed by atoms with Gasteiger partial charge in [0.1, 0.15) is 23.9 Å². The lowest BCUT2D eigenvalue weighted by Crippen LogP contribution is -2.11. The molecule has 0 amide bonds. The first kappa shape index (κ1) is 17.2. The Kier molecular flexibility index (Phi) is 5.81. The molecule has 0 aliphatic rings. The first-order chi connectivity index (χ1) is 12.2. The zero-order valence-corrected chi connectivity index (χ0v) is 14.8. The van der Waals surface area contributed by atoms with Crippen LogP contribution in [0.2, 0.25) is 5.02 Å². The summed E-state index contributed by atoms with van der Waals surface area (Å²) in [6, 6.07) is 23.3. The average molecular weight is 354 g/mol. The lowest BCUT2D eigenvalue weighted by Gasteiger charge is -2.10. The van der Waals surface area contributed by atoms with Gasteiger partial charge in [0, 0.05) is 17.3 Å². The van der Waals surface area contributed by atoms with E-state index in [0.717, 1.165) is 33.5 Å². The van der Waals surface area contributed by atoms with Crippen LogP contribution in [0.25, 0.3) is 0 Å². The molecule has 4 heteroatoms. The SMILES string of the molecule is Cc1cc(OCCNc2ccc(Oc3ccccc3)cc2)ccc1Cl. The van der Waals surface area contributed by atoms with Crippen molar-refractivity contribution in [2.75, 3.05) is 18.5 Å². The summed E-state index contributed by atoms with van der Waals surface area (Å²) in [5.74, 6) is 2.47. The standard InChI is InChI=1S/C21H20ClNO2/c1-16-15-20(11-12-21(16)22)24-14-13-23-17-7-9-19(10-8-17)25-18-5-3-2-4-6-18/h2-12,15,23H,13-14H2,1H3. The van der Waals surface area contributed by atoms with Crippen molar-refractivity contribution in [3.8, 4) is 17.2 Å². The normalized spacial score (nSPS) is 10.3. The number of ether oxygens (including phenoxy) is 2. The van der Waals surface area contributed by atoms with Crippen LogP contribution in [0.4, 0.5) is 5.69 Å². The van der Waals surface area contributed by atoms with Gasteiger partial charge in [-0.15, -0.1) is 0 Å². The van der Waals surface area contributed by atoms with Crippen molar-refractivity contribution in [2.24, 2.45) is 0 Å². The van der Waals surface area contributed by atoms with Crippen LogP contribution in [0, 0.1) is 6.92 Å². The zero-order valence-electron chi connectivity index (χ0n) is 14.0. The number of benzene rings is 3. The highest BCUT2D eigenvalue weighted by Gasteiger charge is 2.00. The highest BCUT2D eigenvalue weighted by molar-refractivity contribution is 6.31. The minimum absolute atomic E-state index is 0.573. The molecule has 0 radical (unpaired) electrons. The fraction of sp³-hybridized carbons (Fsp3) is 0.143. The van der Waals surface area contributed by atoms with Gasteiger partial charge < -0.3 is 14.8 Å². The number of para-hydroxylation sites is 1. The summed E-state index contributed by atoms with van der Waals surface area (Å²) >= 11 is 6.01. The van der Waals surface area contributed by atoms with Gasteiger partial charge in [0.05, 0.1) is 0 Å². The Hall–Kier alpha value is -2.65. The highest BCUT2D eigenvalue weighted by Crippen LogP contribution is 2.23. The predicted molar refractivity (Wildman–Crippen MR) is 103 cm³/mol. The van der Waals surface area contributed by atoms with E-state index in [1.54, 1.807) is 0 Å². The van der Waals surface area contributed by atoms with Crippen LogP contribution in [-0.2, 0) is 0 Å². The molecule has 0 heterocycles. The zero-order chi connectivity index (χ0) is 17.5. The smallest absolute Gasteiger partial charge is 0.127 e. The third-order valence-electron chi connectivity index (χ3n) is 3.66. The van der Waals surface area contributed by atoms with E-state index in [9.17, 15) is 0 Å². The van der Waals surface area contributed by atoms with E-state index in [0.29, 0.717) is 13.2 Å². The van der Waals surface area contributed by atoms with Crippen LogP contribution in [0.3, 0.4) is 0 Å². The minimum Gasteiger partial charge on any atom is -0.492 e. The van der Waals surface area contributed by atoms with E-state index in [1.165, 1.54) is 0 Å². The number of aryl methyl sites for hydroxylation is 1. The Bertz CT molecular complexity index is 804. The van der Waals surface area contributed by atoms with Crippen molar-refractivity contribution < 1.29 is 9.47 Å². The summed E-state index contributed by atoms with van der Waals surface area (Å²) in [7, 11) is 0. The van der Waals surface area contributed by atoms with E-state index >= 15 is 0 Å². The number of anilines is 1. The van der Waals surface area contributed by atoms with E-state index in [4.69, 9.17) is 21.1 Å². The van der Waals surface area contributed by atoms with Crippen molar-refractivity contribution in [1.29, 1.82) is 0 Å². The Morgan fingerprint density at radius 3 is 2.24 bits per heavy atom. The monoisotopic (exact) mass is 353 g/mol. The number of nitrogens with one attached hydrogen (secondary N) is 1. The second kappa shape index (κ2) is 8.45. The van der Waals surface area contributed by atoms with E-state index in [2.05, 4.69) is 5.32 Å². The van der Waals surface area contributed by atoms with Crippen molar-refractivity contribution >= 4 is 17.3 Å². The number of halogens is 1. The van der Waals surface area contributed by atoms with E-state index in [1.807, 2.05) is 79.7 Å². The van der Waals surface area contributed by atoms with Crippen molar-refractivity contribution in [2.45, 2.75) is 6.92 Å². The molecule has 0 fully saturated rings. The summed E-state index contributed by atoms with van der Waals surface area (Å²) in [6.45, 7) is 3.25. The molecule has 3 aromatic rings. The van der Waals surface area contributed by atoms with Gasteiger partial charge in [-0.05, 0) is 67.1 Å². The fourth-order valence-corrected chi connectivity index (χ4v) is 2.45. The highest BCUT2D eigenvalue weighted by atomic mass is 35.5. The van der Waals surface area contributed by atoms with Crippen LogP contribution in [0.5, 0.6) is 17.2 Å². The maximum Gasteiger partial charge on any atom is 0.127 e. The van der Waals surface area contributed by atoms with Crippen LogP contribution < -0.4 is 14.8 Å². The molecule has 0 atom stereocenters. The van der Waals surface area contributed by atoms with Crippen molar-refractivity contribution in [3.05, 3.63) is 83.4 Å². The summed E-state index contributed by atoms with van der Waals surface area (Å²) in [4.78, 5) is 0. The lowest BCUT2D eigenvalue weighted by molar-refractivity contribution is 0.332. The number of hydrogen-bond acceptors (Lipinski definition) is 3. The van der Waals surface area contributed by atoms with Gasteiger partial charge in [-0.25, -0.2) is 0 Å². The molecule has 3 rings (SSSR count). The van der Waals surface area contributed by atoms with Gasteiger partial charge in [0.15, 0.2) is 0 Å². The first-order valence-electron chi connectivity index (χ1n) is 8.16. The Labute approximate surface area is 153 Å². The minimum atomic E-state index is 0.573. The molecule has 128 valence electrons. The molecule has 0 bridgehead atoms. The summed E-state index contributed by atoms with van der Waals surface area (Å²) < 4.78 is 11.5. The van der Waals surface area contributed by atoms with Crippen molar-refractivity contribution in [3.63, 3.8) is 0 Å². The topological polar surface area (TPSA) is 30.5 Å². The Balaban J connectivity index is 1.44. The summed E-state index contributed by atoms with van der Waals surface area (Å²) in [5, 5.41) is 4.08. The Morgan fingerprint density at radius 1 is 0.840 bits per heavy atom. The second-order valence-corrected chi connectivity index (χ2v) is 6.03.